The Balaban J connectivity index is 2.60. The summed E-state index contributed by atoms with van der Waals surface area (Å²) in [6.45, 7) is 6.11. The Kier molecular flexibility index (Phi) is 4.04. The Labute approximate surface area is 89.0 Å². The van der Waals surface area contributed by atoms with Crippen molar-refractivity contribution in [2.45, 2.75) is 39.3 Å². The second-order valence-corrected chi connectivity index (χ2v) is 4.96. The first-order valence-electron chi connectivity index (χ1n) is 4.86. The molecule has 4 heteroatoms. The van der Waals surface area contributed by atoms with Gasteiger partial charge in [0, 0.05) is 17.1 Å². The first-order valence-corrected chi connectivity index (χ1v) is 5.74. The standard InChI is InChI=1S/C10H18N2OS/c1-6(2)4-8(11)9(13)10-12-7(3)5-14-10/h5-6,8-9,13H,4,11H2,1-3H3. The quantitative estimate of drug-likeness (QED) is 0.804. The van der Waals surface area contributed by atoms with Gasteiger partial charge in [0.25, 0.3) is 0 Å². The van der Waals surface area contributed by atoms with Gasteiger partial charge in [-0.05, 0) is 19.3 Å². The zero-order valence-electron chi connectivity index (χ0n) is 8.90. The molecule has 0 aliphatic heterocycles. The topological polar surface area (TPSA) is 59.1 Å². The number of aromatic nitrogens is 1. The fraction of sp³-hybridized carbons (Fsp3) is 0.700. The van der Waals surface area contributed by atoms with Gasteiger partial charge in [0.2, 0.25) is 0 Å². The van der Waals surface area contributed by atoms with Gasteiger partial charge in [-0.15, -0.1) is 11.3 Å². The van der Waals surface area contributed by atoms with Crippen LogP contribution in [0.2, 0.25) is 0 Å². The van der Waals surface area contributed by atoms with E-state index < -0.39 is 6.10 Å². The maximum absolute atomic E-state index is 9.87. The van der Waals surface area contributed by atoms with E-state index in [0.29, 0.717) is 5.92 Å². The van der Waals surface area contributed by atoms with Gasteiger partial charge in [0.1, 0.15) is 11.1 Å². The minimum absolute atomic E-state index is 0.208. The van der Waals surface area contributed by atoms with Crippen molar-refractivity contribution in [2.75, 3.05) is 0 Å². The van der Waals surface area contributed by atoms with Crippen LogP contribution in [-0.4, -0.2) is 16.1 Å². The molecule has 0 aliphatic rings. The molecule has 0 amide bonds. The molecule has 1 heterocycles. The van der Waals surface area contributed by atoms with Crippen LogP contribution in [0.1, 0.15) is 37.1 Å². The number of aliphatic hydroxyl groups excluding tert-OH is 1. The number of aryl methyl sites for hydroxylation is 1. The molecular formula is C10H18N2OS. The third kappa shape index (κ3) is 3.04. The normalized spacial score (nSPS) is 15.9. The molecule has 3 N–H and O–H groups in total. The lowest BCUT2D eigenvalue weighted by Gasteiger charge is -2.18. The molecule has 0 spiro atoms. The summed E-state index contributed by atoms with van der Waals surface area (Å²) in [6.07, 6.45) is 0.205. The molecule has 0 fully saturated rings. The van der Waals surface area contributed by atoms with Crippen molar-refractivity contribution >= 4 is 11.3 Å². The molecule has 0 aliphatic carbocycles. The highest BCUT2D eigenvalue weighted by Crippen LogP contribution is 2.22. The number of hydrogen-bond donors (Lipinski definition) is 2. The van der Waals surface area contributed by atoms with Crippen LogP contribution in [0.25, 0.3) is 0 Å². The molecule has 2 atom stereocenters. The predicted molar refractivity (Wildman–Crippen MR) is 59.2 cm³/mol. The lowest BCUT2D eigenvalue weighted by Crippen LogP contribution is -2.29. The monoisotopic (exact) mass is 214 g/mol. The molecule has 0 saturated heterocycles. The Morgan fingerprint density at radius 1 is 1.57 bits per heavy atom. The van der Waals surface area contributed by atoms with Crippen LogP contribution in [0.15, 0.2) is 5.38 Å². The van der Waals surface area contributed by atoms with Gasteiger partial charge in [-0.25, -0.2) is 4.98 Å². The van der Waals surface area contributed by atoms with Gasteiger partial charge >= 0.3 is 0 Å². The van der Waals surface area contributed by atoms with Gasteiger partial charge in [-0.1, -0.05) is 13.8 Å². The SMILES string of the molecule is Cc1csc(C(O)C(N)CC(C)C)n1. The zero-order valence-corrected chi connectivity index (χ0v) is 9.71. The second kappa shape index (κ2) is 4.87. The summed E-state index contributed by atoms with van der Waals surface area (Å²) >= 11 is 1.47. The van der Waals surface area contributed by atoms with Gasteiger partial charge < -0.3 is 10.8 Å². The summed E-state index contributed by atoms with van der Waals surface area (Å²) in [7, 11) is 0. The zero-order chi connectivity index (χ0) is 10.7. The first kappa shape index (κ1) is 11.6. The van der Waals surface area contributed by atoms with Crippen LogP contribution in [0, 0.1) is 12.8 Å². The molecule has 0 saturated carbocycles. The number of thiazole rings is 1. The van der Waals surface area contributed by atoms with E-state index in [1.54, 1.807) is 0 Å². The van der Waals surface area contributed by atoms with Gasteiger partial charge in [0.15, 0.2) is 0 Å². The predicted octanol–water partition coefficient (Wildman–Crippen LogP) is 1.86. The average Bonchev–Trinajstić information content (AvgIpc) is 2.49. The van der Waals surface area contributed by atoms with Crippen molar-refractivity contribution in [3.05, 3.63) is 16.1 Å². The minimum atomic E-state index is -0.615. The van der Waals surface area contributed by atoms with Crippen LogP contribution in [0.4, 0.5) is 0 Å². The number of nitrogens with two attached hydrogens (primary N) is 1. The molecule has 1 aromatic heterocycles. The summed E-state index contributed by atoms with van der Waals surface area (Å²) in [4.78, 5) is 4.23. The van der Waals surface area contributed by atoms with E-state index in [0.717, 1.165) is 17.1 Å². The second-order valence-electron chi connectivity index (χ2n) is 4.07. The van der Waals surface area contributed by atoms with E-state index in [9.17, 15) is 5.11 Å². The average molecular weight is 214 g/mol. The summed E-state index contributed by atoms with van der Waals surface area (Å²) < 4.78 is 0. The summed E-state index contributed by atoms with van der Waals surface area (Å²) in [5.41, 5.74) is 6.82. The van der Waals surface area contributed by atoms with Crippen molar-refractivity contribution in [1.29, 1.82) is 0 Å². The van der Waals surface area contributed by atoms with Gasteiger partial charge in [0.05, 0.1) is 0 Å². The number of nitrogens with zero attached hydrogens (tertiary/aromatic N) is 1. The molecular weight excluding hydrogens is 196 g/mol. The van der Waals surface area contributed by atoms with Gasteiger partial charge in [-0.3, -0.25) is 0 Å². The molecule has 3 nitrogen and oxygen atoms in total. The smallest absolute Gasteiger partial charge is 0.123 e. The number of hydrogen-bond acceptors (Lipinski definition) is 4. The Morgan fingerprint density at radius 3 is 2.64 bits per heavy atom. The highest BCUT2D eigenvalue weighted by atomic mass is 32.1. The Morgan fingerprint density at radius 2 is 2.21 bits per heavy atom. The van der Waals surface area contributed by atoms with Crippen molar-refractivity contribution < 1.29 is 5.11 Å². The molecule has 2 unspecified atom stereocenters. The third-order valence-electron chi connectivity index (χ3n) is 2.04. The fourth-order valence-corrected chi connectivity index (χ4v) is 2.22. The van der Waals surface area contributed by atoms with Crippen LogP contribution >= 0.6 is 11.3 Å². The van der Waals surface area contributed by atoms with E-state index in [1.807, 2.05) is 12.3 Å². The van der Waals surface area contributed by atoms with Crippen molar-refractivity contribution in [1.82, 2.24) is 4.98 Å². The Bertz CT molecular complexity index is 285. The summed E-state index contributed by atoms with van der Waals surface area (Å²) in [5, 5.41) is 12.5. The van der Waals surface area contributed by atoms with E-state index in [2.05, 4.69) is 18.8 Å². The number of rotatable bonds is 4. The van der Waals surface area contributed by atoms with Crippen molar-refractivity contribution in [3.63, 3.8) is 0 Å². The molecule has 1 aromatic rings. The maximum atomic E-state index is 9.87. The van der Waals surface area contributed by atoms with Crippen LogP contribution in [0.3, 0.4) is 0 Å². The minimum Gasteiger partial charge on any atom is -0.384 e. The molecule has 0 radical (unpaired) electrons. The van der Waals surface area contributed by atoms with Gasteiger partial charge in [-0.2, -0.15) is 0 Å². The third-order valence-corrected chi connectivity index (χ3v) is 3.07. The molecule has 80 valence electrons. The largest absolute Gasteiger partial charge is 0.384 e. The Hall–Kier alpha value is -0.450. The summed E-state index contributed by atoms with van der Waals surface area (Å²) in [6, 6.07) is -0.208. The van der Waals surface area contributed by atoms with E-state index >= 15 is 0 Å². The maximum Gasteiger partial charge on any atom is 0.123 e. The van der Waals surface area contributed by atoms with E-state index in [1.165, 1.54) is 11.3 Å². The highest BCUT2D eigenvalue weighted by Gasteiger charge is 2.20. The van der Waals surface area contributed by atoms with E-state index in [-0.39, 0.29) is 6.04 Å². The van der Waals surface area contributed by atoms with Crippen molar-refractivity contribution in [3.8, 4) is 0 Å². The molecule has 14 heavy (non-hydrogen) atoms. The molecule has 0 bridgehead atoms. The fourth-order valence-electron chi connectivity index (χ4n) is 1.36. The van der Waals surface area contributed by atoms with Crippen LogP contribution < -0.4 is 5.73 Å². The molecule has 0 aromatic carbocycles. The van der Waals surface area contributed by atoms with Crippen LogP contribution in [0.5, 0.6) is 0 Å². The molecule has 1 rings (SSSR count). The van der Waals surface area contributed by atoms with E-state index in [4.69, 9.17) is 5.73 Å². The first-order chi connectivity index (χ1) is 6.50. The van der Waals surface area contributed by atoms with Crippen LogP contribution in [-0.2, 0) is 0 Å². The number of aliphatic hydroxyl groups is 1. The summed E-state index contributed by atoms with van der Waals surface area (Å²) in [5.74, 6) is 0.501. The highest BCUT2D eigenvalue weighted by molar-refractivity contribution is 7.09. The lowest BCUT2D eigenvalue weighted by atomic mass is 10.0. The lowest BCUT2D eigenvalue weighted by molar-refractivity contribution is 0.135. The van der Waals surface area contributed by atoms with Crippen molar-refractivity contribution in [2.24, 2.45) is 11.7 Å².